The molecular formula is C10H15NO7S. The maximum absolute atomic E-state index is 9.89. The fraction of sp³-hybridized carbons (Fsp3) is 0.400. The summed E-state index contributed by atoms with van der Waals surface area (Å²) in [4.78, 5) is 0. The second-order valence-corrected chi connectivity index (χ2v) is 5.23. The van der Waals surface area contributed by atoms with E-state index < -0.39 is 21.9 Å². The first-order valence-electron chi connectivity index (χ1n) is 5.15. The summed E-state index contributed by atoms with van der Waals surface area (Å²) in [7, 11) is -4.92. The van der Waals surface area contributed by atoms with Crippen LogP contribution in [0.3, 0.4) is 0 Å². The maximum atomic E-state index is 9.89. The number of fused-ring (bicyclic) bond motifs is 1. The number of rotatable bonds is 0. The molecule has 108 valence electrons. The van der Waals surface area contributed by atoms with Crippen molar-refractivity contribution >= 4 is 10.4 Å². The van der Waals surface area contributed by atoms with E-state index in [0.29, 0.717) is 11.5 Å². The minimum atomic E-state index is -4.92. The van der Waals surface area contributed by atoms with E-state index in [1.165, 1.54) is 0 Å². The zero-order valence-corrected chi connectivity index (χ0v) is 11.2. The van der Waals surface area contributed by atoms with Gasteiger partial charge in [-0.25, -0.2) is 8.42 Å². The van der Waals surface area contributed by atoms with E-state index >= 15 is 0 Å². The van der Waals surface area contributed by atoms with Crippen LogP contribution in [0.2, 0.25) is 0 Å². The standard InChI is InChI=1S/C10H13NO3.H2O4S/c1-9(2)10(11,12)14-8-6-4-3-5-7(8)13-9;1-5(2,3)4/h3-6,12H,11H2,1-2H3;(H2,1,2,3,4). The largest absolute Gasteiger partial charge is 0.726 e. The monoisotopic (exact) mass is 293 g/mol. The van der Waals surface area contributed by atoms with E-state index in [9.17, 15) is 5.11 Å². The van der Waals surface area contributed by atoms with Crippen LogP contribution in [0.5, 0.6) is 11.5 Å². The Balaban J connectivity index is 0.000000312. The molecule has 1 atom stereocenters. The summed E-state index contributed by atoms with van der Waals surface area (Å²) in [5.41, 5.74) is 2.73. The molecule has 0 radical (unpaired) electrons. The van der Waals surface area contributed by atoms with Gasteiger partial charge in [-0.1, -0.05) is 12.1 Å². The maximum Gasteiger partial charge on any atom is 0.395 e. The van der Waals surface area contributed by atoms with Gasteiger partial charge in [-0.15, -0.1) is 0 Å². The summed E-state index contributed by atoms with van der Waals surface area (Å²) in [6.07, 6.45) is 0. The molecule has 0 bridgehead atoms. The third-order valence-electron chi connectivity index (χ3n) is 2.43. The highest BCUT2D eigenvalue weighted by atomic mass is 32.3. The van der Waals surface area contributed by atoms with Crippen molar-refractivity contribution in [3.05, 3.63) is 24.3 Å². The van der Waals surface area contributed by atoms with Crippen molar-refractivity contribution in [1.29, 1.82) is 0 Å². The van der Waals surface area contributed by atoms with Gasteiger partial charge in [0.2, 0.25) is 16.0 Å². The molecule has 0 saturated heterocycles. The molecule has 0 saturated carbocycles. The third kappa shape index (κ3) is 4.33. The molecule has 19 heavy (non-hydrogen) atoms. The number of para-hydroxylation sites is 2. The molecule has 8 nitrogen and oxygen atoms in total. The highest BCUT2D eigenvalue weighted by molar-refractivity contribution is 7.79. The molecule has 0 fully saturated rings. The highest BCUT2D eigenvalue weighted by Crippen LogP contribution is 2.38. The average Bonchev–Trinajstić information content (AvgIpc) is 2.16. The Hall–Kier alpha value is -1.39. The fourth-order valence-electron chi connectivity index (χ4n) is 1.28. The Labute approximate surface area is 110 Å². The molecule has 0 aromatic heterocycles. The molecule has 1 heterocycles. The van der Waals surface area contributed by atoms with E-state index in [1.807, 2.05) is 12.1 Å². The molecule has 1 aliphatic heterocycles. The van der Waals surface area contributed by atoms with Gasteiger partial charge in [0.15, 0.2) is 11.5 Å². The molecule has 1 aromatic carbocycles. The first kappa shape index (κ1) is 15.7. The van der Waals surface area contributed by atoms with Crippen LogP contribution in [0.1, 0.15) is 13.8 Å². The molecule has 1 unspecified atom stereocenters. The second-order valence-electron chi connectivity index (χ2n) is 4.37. The van der Waals surface area contributed by atoms with Crippen molar-refractivity contribution in [3.8, 4) is 11.5 Å². The lowest BCUT2D eigenvalue weighted by Crippen LogP contribution is -2.86. The molecule has 1 aromatic rings. The second kappa shape index (κ2) is 4.94. The first-order chi connectivity index (χ1) is 8.42. The van der Waals surface area contributed by atoms with Crippen LogP contribution in [-0.2, 0) is 10.4 Å². The zero-order valence-electron chi connectivity index (χ0n) is 10.4. The smallest absolute Gasteiger partial charge is 0.395 e. The fourth-order valence-corrected chi connectivity index (χ4v) is 1.28. The van der Waals surface area contributed by atoms with E-state index in [2.05, 4.69) is 5.73 Å². The number of hydrogen-bond acceptors (Lipinski definition) is 6. The SMILES string of the molecule is CC1(C)Oc2ccccc2OC1([NH3+])O.O=S(=O)([O-])O. The summed E-state index contributed by atoms with van der Waals surface area (Å²) < 4.78 is 43.8. The van der Waals surface area contributed by atoms with Crippen molar-refractivity contribution in [1.82, 2.24) is 0 Å². The van der Waals surface area contributed by atoms with Gasteiger partial charge < -0.3 is 19.1 Å². The van der Waals surface area contributed by atoms with Crippen LogP contribution < -0.4 is 15.2 Å². The number of benzene rings is 1. The molecule has 0 aliphatic carbocycles. The molecule has 2 rings (SSSR count). The van der Waals surface area contributed by atoms with Crippen molar-refractivity contribution < 1.29 is 37.8 Å². The van der Waals surface area contributed by atoms with Crippen molar-refractivity contribution in [2.24, 2.45) is 0 Å². The molecule has 9 heteroatoms. The Bertz CT molecular complexity index is 510. The van der Waals surface area contributed by atoms with Crippen molar-refractivity contribution in [2.45, 2.75) is 25.4 Å². The Morgan fingerprint density at radius 2 is 1.58 bits per heavy atom. The van der Waals surface area contributed by atoms with Crippen LogP contribution >= 0.6 is 0 Å². The van der Waals surface area contributed by atoms with Gasteiger partial charge in [-0.3, -0.25) is 10.3 Å². The van der Waals surface area contributed by atoms with Crippen LogP contribution in [-0.4, -0.2) is 34.1 Å². The molecule has 5 N–H and O–H groups in total. The van der Waals surface area contributed by atoms with Crippen LogP contribution in [0.4, 0.5) is 0 Å². The van der Waals surface area contributed by atoms with E-state index in [0.717, 1.165) is 0 Å². The molecule has 0 spiro atoms. The lowest BCUT2D eigenvalue weighted by Gasteiger charge is -2.39. The summed E-state index contributed by atoms with van der Waals surface area (Å²) in [5.74, 6) is -0.406. The number of aliphatic hydroxyl groups is 1. The van der Waals surface area contributed by atoms with Crippen molar-refractivity contribution in [2.75, 3.05) is 0 Å². The van der Waals surface area contributed by atoms with Crippen molar-refractivity contribution in [3.63, 3.8) is 0 Å². The minimum absolute atomic E-state index is 0.518. The number of ether oxygens (including phenoxy) is 2. The normalized spacial score (nSPS) is 24.1. The van der Waals surface area contributed by atoms with E-state index in [-0.39, 0.29) is 0 Å². The predicted octanol–water partition coefficient (Wildman–Crippen LogP) is -0.871. The Morgan fingerprint density at radius 3 is 2.00 bits per heavy atom. The van der Waals surface area contributed by atoms with Gasteiger partial charge in [0.25, 0.3) is 0 Å². The minimum Gasteiger partial charge on any atom is -0.726 e. The van der Waals surface area contributed by atoms with Gasteiger partial charge in [0.1, 0.15) is 0 Å². The number of hydrogen-bond donors (Lipinski definition) is 3. The van der Waals surface area contributed by atoms with Gasteiger partial charge in [-0.2, -0.15) is 0 Å². The zero-order chi connectivity index (χ0) is 14.9. The highest BCUT2D eigenvalue weighted by Gasteiger charge is 2.53. The Morgan fingerprint density at radius 1 is 1.21 bits per heavy atom. The van der Waals surface area contributed by atoms with Gasteiger partial charge >= 0.3 is 5.91 Å². The summed E-state index contributed by atoms with van der Waals surface area (Å²) in [6, 6.07) is 7.20. The summed E-state index contributed by atoms with van der Waals surface area (Å²) >= 11 is 0. The molecule has 0 amide bonds. The van der Waals surface area contributed by atoms with E-state index in [4.69, 9.17) is 27.0 Å². The topological polar surface area (TPSA) is 144 Å². The third-order valence-corrected chi connectivity index (χ3v) is 2.43. The Kier molecular flexibility index (Phi) is 4.08. The van der Waals surface area contributed by atoms with Crippen LogP contribution in [0, 0.1) is 0 Å². The average molecular weight is 293 g/mol. The van der Waals surface area contributed by atoms with Crippen LogP contribution in [0.25, 0.3) is 0 Å². The first-order valence-corrected chi connectivity index (χ1v) is 6.52. The summed E-state index contributed by atoms with van der Waals surface area (Å²) in [5, 5.41) is 9.89. The van der Waals surface area contributed by atoms with Gasteiger partial charge in [0.05, 0.1) is 0 Å². The van der Waals surface area contributed by atoms with Crippen LogP contribution in [0.15, 0.2) is 24.3 Å². The number of quaternary nitrogens is 1. The van der Waals surface area contributed by atoms with Gasteiger partial charge in [-0.05, 0) is 26.0 Å². The van der Waals surface area contributed by atoms with Gasteiger partial charge in [0, 0.05) is 0 Å². The summed E-state index contributed by atoms with van der Waals surface area (Å²) in [6.45, 7) is 3.46. The van der Waals surface area contributed by atoms with E-state index in [1.54, 1.807) is 26.0 Å². The molecular weight excluding hydrogens is 278 g/mol. The lowest BCUT2D eigenvalue weighted by atomic mass is 10.0. The lowest BCUT2D eigenvalue weighted by molar-refractivity contribution is -0.639. The predicted molar refractivity (Wildman–Crippen MR) is 61.9 cm³/mol. The quantitative estimate of drug-likeness (QED) is 0.320. The molecule has 1 aliphatic rings.